The minimum Gasteiger partial charge on any atom is -0.381 e. The van der Waals surface area contributed by atoms with Crippen LogP contribution in [-0.4, -0.2) is 43.0 Å². The molecule has 4 heteroatoms. The Kier molecular flexibility index (Phi) is 5.40. The molecule has 1 aliphatic heterocycles. The van der Waals surface area contributed by atoms with E-state index in [4.69, 9.17) is 16.3 Å². The predicted molar refractivity (Wildman–Crippen MR) is 61.1 cm³/mol. The van der Waals surface area contributed by atoms with Gasteiger partial charge in [-0.25, -0.2) is 0 Å². The summed E-state index contributed by atoms with van der Waals surface area (Å²) in [6, 6.07) is 0. The van der Waals surface area contributed by atoms with Crippen LogP contribution in [0.5, 0.6) is 0 Å². The molecular formula is C11H20ClNO2. The van der Waals surface area contributed by atoms with Gasteiger partial charge in [-0.05, 0) is 12.8 Å². The Balaban J connectivity index is 2.37. The van der Waals surface area contributed by atoms with E-state index in [0.29, 0.717) is 24.1 Å². The first kappa shape index (κ1) is 12.8. The third kappa shape index (κ3) is 3.65. The highest BCUT2D eigenvalue weighted by atomic mass is 35.5. The standard InChI is InChI=1S/C11H20ClNO2/c1-3-15-8-10-7-13(6-9(10)2)11(14)4-5-12/h9-10H,3-8H2,1-2H3/t9-,10+/m0/s1. The molecule has 0 bridgehead atoms. The summed E-state index contributed by atoms with van der Waals surface area (Å²) in [5.41, 5.74) is 0. The van der Waals surface area contributed by atoms with E-state index in [-0.39, 0.29) is 5.91 Å². The van der Waals surface area contributed by atoms with Crippen LogP contribution in [0, 0.1) is 11.8 Å². The molecule has 3 nitrogen and oxygen atoms in total. The normalized spacial score (nSPS) is 25.9. The average molecular weight is 234 g/mol. The molecule has 88 valence electrons. The molecule has 1 rings (SSSR count). The first-order chi connectivity index (χ1) is 7.19. The summed E-state index contributed by atoms with van der Waals surface area (Å²) in [6.07, 6.45) is 0.454. The van der Waals surface area contributed by atoms with Crippen LogP contribution in [0.3, 0.4) is 0 Å². The number of ether oxygens (including phenoxy) is 1. The fraction of sp³-hybridized carbons (Fsp3) is 0.909. The summed E-state index contributed by atoms with van der Waals surface area (Å²) in [7, 11) is 0. The third-order valence-corrected chi connectivity index (χ3v) is 3.15. The van der Waals surface area contributed by atoms with Crippen molar-refractivity contribution in [3.8, 4) is 0 Å². The SMILES string of the molecule is CCOC[C@H]1CN(C(=O)CCCl)C[C@@H]1C. The number of amides is 1. The molecule has 0 radical (unpaired) electrons. The number of likely N-dealkylation sites (tertiary alicyclic amines) is 1. The van der Waals surface area contributed by atoms with Gasteiger partial charge >= 0.3 is 0 Å². The second kappa shape index (κ2) is 6.33. The van der Waals surface area contributed by atoms with Crippen LogP contribution >= 0.6 is 11.6 Å². The van der Waals surface area contributed by atoms with Gasteiger partial charge in [0.25, 0.3) is 0 Å². The van der Waals surface area contributed by atoms with Crippen molar-refractivity contribution in [3.63, 3.8) is 0 Å². The van der Waals surface area contributed by atoms with Gasteiger partial charge in [0, 0.05) is 37.9 Å². The zero-order chi connectivity index (χ0) is 11.3. The molecule has 0 aliphatic carbocycles. The van der Waals surface area contributed by atoms with Crippen LogP contribution < -0.4 is 0 Å². The lowest BCUT2D eigenvalue weighted by Gasteiger charge is -2.15. The van der Waals surface area contributed by atoms with Crippen LogP contribution in [0.15, 0.2) is 0 Å². The molecule has 1 saturated heterocycles. The fourth-order valence-corrected chi connectivity index (χ4v) is 2.12. The molecule has 0 spiro atoms. The summed E-state index contributed by atoms with van der Waals surface area (Å²) in [6.45, 7) is 7.37. The van der Waals surface area contributed by atoms with Crippen molar-refractivity contribution in [1.82, 2.24) is 4.90 Å². The lowest BCUT2D eigenvalue weighted by Crippen LogP contribution is -2.29. The maximum absolute atomic E-state index is 11.6. The minimum absolute atomic E-state index is 0.177. The average Bonchev–Trinajstić information content (AvgIpc) is 2.57. The van der Waals surface area contributed by atoms with Gasteiger partial charge in [-0.2, -0.15) is 0 Å². The Labute approximate surface area is 96.7 Å². The van der Waals surface area contributed by atoms with Crippen LogP contribution in [0.4, 0.5) is 0 Å². The van der Waals surface area contributed by atoms with E-state index < -0.39 is 0 Å². The van der Waals surface area contributed by atoms with Crippen LogP contribution in [0.1, 0.15) is 20.3 Å². The van der Waals surface area contributed by atoms with Crippen molar-refractivity contribution in [3.05, 3.63) is 0 Å². The van der Waals surface area contributed by atoms with E-state index in [1.54, 1.807) is 0 Å². The molecule has 0 aromatic heterocycles. The summed E-state index contributed by atoms with van der Waals surface area (Å²) in [5.74, 6) is 1.62. The molecule has 2 atom stereocenters. The quantitative estimate of drug-likeness (QED) is 0.678. The largest absolute Gasteiger partial charge is 0.381 e. The number of hydrogen-bond donors (Lipinski definition) is 0. The first-order valence-corrected chi connectivity index (χ1v) is 6.14. The van der Waals surface area contributed by atoms with Crippen LogP contribution in [0.25, 0.3) is 0 Å². The number of rotatable bonds is 5. The number of alkyl halides is 1. The fourth-order valence-electron chi connectivity index (χ4n) is 1.96. The van der Waals surface area contributed by atoms with Crippen molar-refractivity contribution < 1.29 is 9.53 Å². The van der Waals surface area contributed by atoms with Gasteiger partial charge in [0.15, 0.2) is 0 Å². The van der Waals surface area contributed by atoms with Crippen molar-refractivity contribution in [2.45, 2.75) is 20.3 Å². The molecule has 0 N–H and O–H groups in total. The number of nitrogens with zero attached hydrogens (tertiary/aromatic N) is 1. The van der Waals surface area contributed by atoms with Gasteiger partial charge in [-0.1, -0.05) is 6.92 Å². The molecule has 1 amide bonds. The minimum atomic E-state index is 0.177. The zero-order valence-corrected chi connectivity index (χ0v) is 10.3. The van der Waals surface area contributed by atoms with Crippen molar-refractivity contribution in [2.75, 3.05) is 32.2 Å². The monoisotopic (exact) mass is 233 g/mol. The van der Waals surface area contributed by atoms with E-state index >= 15 is 0 Å². The molecule has 0 aromatic carbocycles. The Bertz CT molecular complexity index is 211. The summed E-state index contributed by atoms with van der Waals surface area (Å²) in [5, 5.41) is 0. The van der Waals surface area contributed by atoms with E-state index in [1.807, 2.05) is 11.8 Å². The highest BCUT2D eigenvalue weighted by molar-refractivity contribution is 6.18. The van der Waals surface area contributed by atoms with Gasteiger partial charge in [0.2, 0.25) is 5.91 Å². The lowest BCUT2D eigenvalue weighted by molar-refractivity contribution is -0.130. The predicted octanol–water partition coefficient (Wildman–Crippen LogP) is 1.75. The maximum atomic E-state index is 11.6. The van der Waals surface area contributed by atoms with Crippen molar-refractivity contribution in [1.29, 1.82) is 0 Å². The smallest absolute Gasteiger partial charge is 0.223 e. The summed E-state index contributed by atoms with van der Waals surface area (Å²) in [4.78, 5) is 13.5. The Morgan fingerprint density at radius 1 is 1.53 bits per heavy atom. The molecule has 0 aromatic rings. The molecule has 1 heterocycles. The topological polar surface area (TPSA) is 29.5 Å². The molecule has 0 unspecified atom stereocenters. The number of carbonyl (C=O) groups is 1. The van der Waals surface area contributed by atoms with Crippen LogP contribution in [-0.2, 0) is 9.53 Å². The zero-order valence-electron chi connectivity index (χ0n) is 9.54. The molecular weight excluding hydrogens is 214 g/mol. The van der Waals surface area contributed by atoms with Crippen LogP contribution in [0.2, 0.25) is 0 Å². The van der Waals surface area contributed by atoms with Gasteiger partial charge in [-0.15, -0.1) is 11.6 Å². The lowest BCUT2D eigenvalue weighted by atomic mass is 9.99. The molecule has 1 aliphatic rings. The van der Waals surface area contributed by atoms with Gasteiger partial charge in [0.1, 0.15) is 0 Å². The second-order valence-electron chi connectivity index (χ2n) is 4.13. The van der Waals surface area contributed by atoms with Crippen molar-refractivity contribution >= 4 is 17.5 Å². The summed E-state index contributed by atoms with van der Waals surface area (Å²) < 4.78 is 5.41. The number of halogens is 1. The number of carbonyl (C=O) groups excluding carboxylic acids is 1. The second-order valence-corrected chi connectivity index (χ2v) is 4.51. The Morgan fingerprint density at radius 2 is 2.27 bits per heavy atom. The summed E-state index contributed by atoms with van der Waals surface area (Å²) >= 11 is 5.56. The van der Waals surface area contributed by atoms with Gasteiger partial charge in [0.05, 0.1) is 6.61 Å². The highest BCUT2D eigenvalue weighted by Gasteiger charge is 2.31. The van der Waals surface area contributed by atoms with E-state index in [1.165, 1.54) is 0 Å². The molecule has 15 heavy (non-hydrogen) atoms. The van der Waals surface area contributed by atoms with E-state index in [0.717, 1.165) is 26.3 Å². The van der Waals surface area contributed by atoms with E-state index in [2.05, 4.69) is 6.92 Å². The molecule has 1 fully saturated rings. The van der Waals surface area contributed by atoms with Gasteiger partial charge in [-0.3, -0.25) is 4.79 Å². The van der Waals surface area contributed by atoms with Crippen molar-refractivity contribution in [2.24, 2.45) is 11.8 Å². The highest BCUT2D eigenvalue weighted by Crippen LogP contribution is 2.23. The molecule has 0 saturated carbocycles. The van der Waals surface area contributed by atoms with Gasteiger partial charge < -0.3 is 9.64 Å². The first-order valence-electron chi connectivity index (χ1n) is 5.60. The maximum Gasteiger partial charge on any atom is 0.223 e. The van der Waals surface area contributed by atoms with E-state index in [9.17, 15) is 4.79 Å². The number of hydrogen-bond acceptors (Lipinski definition) is 2. The third-order valence-electron chi connectivity index (χ3n) is 2.97. The Hall–Kier alpha value is -0.280. The Morgan fingerprint density at radius 3 is 2.87 bits per heavy atom.